The molecule has 0 saturated carbocycles. The van der Waals surface area contributed by atoms with Gasteiger partial charge in [0, 0.05) is 0 Å². The molecule has 0 aliphatic carbocycles. The molecule has 372 valence electrons. The van der Waals surface area contributed by atoms with Gasteiger partial charge in [-0.1, -0.05) is 223 Å². The molecule has 0 atom stereocenters. The van der Waals surface area contributed by atoms with E-state index < -0.39 is 6.10 Å². The molecule has 0 aromatic carbocycles. The fourth-order valence-electron chi connectivity index (χ4n) is 7.58. The minimum Gasteiger partial charge on any atom is -0.237 e. The van der Waals surface area contributed by atoms with Crippen molar-refractivity contribution < 1.29 is 29.3 Å². The molecule has 0 N–H and O–H groups in total. The fourth-order valence-corrected chi connectivity index (χ4v) is 7.58. The highest BCUT2D eigenvalue weighted by molar-refractivity contribution is 4.92. The molecule has 0 aromatic heterocycles. The van der Waals surface area contributed by atoms with E-state index in [2.05, 4.69) is 69.4 Å². The Morgan fingerprint density at radius 1 is 0.254 bits per heavy atom. The Morgan fingerprint density at radius 3 is 0.857 bits per heavy atom. The quantitative estimate of drug-likeness (QED) is 0.0262. The maximum Gasteiger partial charge on any atom is 0.146 e. The van der Waals surface area contributed by atoms with Crippen LogP contribution in [0.25, 0.3) is 0 Å². The minimum atomic E-state index is -0.408. The van der Waals surface area contributed by atoms with E-state index in [-0.39, 0.29) is 13.2 Å². The second kappa shape index (κ2) is 58.7. The van der Waals surface area contributed by atoms with E-state index in [1.54, 1.807) is 0 Å². The molecule has 0 heterocycles. The Morgan fingerprint density at radius 2 is 0.508 bits per heavy atom. The molecule has 0 fully saturated rings. The molecule has 0 aromatic rings. The molecular formula is C57H108O6. The third-order valence-electron chi connectivity index (χ3n) is 11.8. The first kappa shape index (κ1) is 61.7. The van der Waals surface area contributed by atoms with Crippen LogP contribution in [0, 0.1) is 0 Å². The van der Waals surface area contributed by atoms with Crippen LogP contribution in [0.3, 0.4) is 0 Å². The summed E-state index contributed by atoms with van der Waals surface area (Å²) in [5, 5.41) is 0. The number of hydrogen-bond donors (Lipinski definition) is 0. The molecular weight excluding hydrogens is 781 g/mol. The van der Waals surface area contributed by atoms with Crippen molar-refractivity contribution >= 4 is 0 Å². The van der Waals surface area contributed by atoms with Crippen molar-refractivity contribution in [2.75, 3.05) is 33.0 Å². The zero-order valence-electron chi connectivity index (χ0n) is 42.5. The van der Waals surface area contributed by atoms with Crippen molar-refractivity contribution in [3.63, 3.8) is 0 Å². The number of rotatable bonds is 55. The van der Waals surface area contributed by atoms with Crippen LogP contribution >= 0.6 is 0 Å². The van der Waals surface area contributed by atoms with Gasteiger partial charge in [0.25, 0.3) is 0 Å². The van der Waals surface area contributed by atoms with Gasteiger partial charge in [-0.25, -0.2) is 29.3 Å². The molecule has 6 nitrogen and oxygen atoms in total. The number of allylic oxidation sites excluding steroid dienone is 8. The van der Waals surface area contributed by atoms with Crippen LogP contribution in [0.5, 0.6) is 0 Å². The van der Waals surface area contributed by atoms with Crippen LogP contribution < -0.4 is 0 Å². The van der Waals surface area contributed by atoms with E-state index in [0.717, 1.165) is 32.1 Å². The predicted octanol–water partition coefficient (Wildman–Crippen LogP) is 19.1. The van der Waals surface area contributed by atoms with Crippen LogP contribution in [0.4, 0.5) is 0 Å². The van der Waals surface area contributed by atoms with Crippen molar-refractivity contribution in [3.05, 3.63) is 48.6 Å². The van der Waals surface area contributed by atoms with Gasteiger partial charge < -0.3 is 0 Å². The van der Waals surface area contributed by atoms with Gasteiger partial charge in [0.15, 0.2) is 0 Å². The summed E-state index contributed by atoms with van der Waals surface area (Å²) >= 11 is 0. The first-order chi connectivity index (χ1) is 31.3. The SMILES string of the molecule is CCCCC/C=C\C/C=C\CCCCCCCCOOC(COOCCCCCCCC/C=C\CCCCCCCC)COOCCCCCCCC/C=C\CCCCCCCC. The topological polar surface area (TPSA) is 55.4 Å². The molecule has 0 rings (SSSR count). The average molecular weight is 889 g/mol. The lowest BCUT2D eigenvalue weighted by Gasteiger charge is -2.16. The second-order valence-corrected chi connectivity index (χ2v) is 18.2. The Hall–Kier alpha value is -1.28. The van der Waals surface area contributed by atoms with Crippen LogP contribution in [-0.2, 0) is 29.3 Å². The van der Waals surface area contributed by atoms with Crippen LogP contribution in [0.1, 0.15) is 278 Å². The predicted molar refractivity (Wildman–Crippen MR) is 273 cm³/mol. The molecule has 0 aliphatic heterocycles. The molecule has 0 unspecified atom stereocenters. The molecule has 63 heavy (non-hydrogen) atoms. The largest absolute Gasteiger partial charge is 0.237 e. The number of unbranched alkanes of at least 4 members (excludes halogenated alkanes) is 33. The monoisotopic (exact) mass is 889 g/mol. The summed E-state index contributed by atoms with van der Waals surface area (Å²) in [7, 11) is 0. The molecule has 0 amide bonds. The molecule has 0 spiro atoms. The zero-order chi connectivity index (χ0) is 45.3. The highest BCUT2D eigenvalue weighted by atomic mass is 17.2. The van der Waals surface area contributed by atoms with Crippen molar-refractivity contribution in [1.82, 2.24) is 0 Å². The number of hydrogen-bond acceptors (Lipinski definition) is 6. The maximum atomic E-state index is 5.71. The first-order valence-electron chi connectivity index (χ1n) is 27.7. The Balaban J connectivity index is 4.06. The van der Waals surface area contributed by atoms with Gasteiger partial charge in [-0.3, -0.25) is 0 Å². The van der Waals surface area contributed by atoms with E-state index in [9.17, 15) is 0 Å². The third kappa shape index (κ3) is 56.8. The zero-order valence-corrected chi connectivity index (χ0v) is 42.5. The van der Waals surface area contributed by atoms with Gasteiger partial charge in [-0.05, 0) is 103 Å². The smallest absolute Gasteiger partial charge is 0.146 e. The molecule has 0 bridgehead atoms. The second-order valence-electron chi connectivity index (χ2n) is 18.2. The van der Waals surface area contributed by atoms with E-state index in [0.29, 0.717) is 19.8 Å². The van der Waals surface area contributed by atoms with Gasteiger partial charge >= 0.3 is 0 Å². The van der Waals surface area contributed by atoms with Gasteiger partial charge in [0.05, 0.1) is 19.8 Å². The third-order valence-corrected chi connectivity index (χ3v) is 11.8. The van der Waals surface area contributed by atoms with Crippen molar-refractivity contribution in [3.8, 4) is 0 Å². The summed E-state index contributed by atoms with van der Waals surface area (Å²) in [6, 6.07) is 0. The average Bonchev–Trinajstić information content (AvgIpc) is 3.29. The van der Waals surface area contributed by atoms with E-state index >= 15 is 0 Å². The first-order valence-corrected chi connectivity index (χ1v) is 27.7. The Bertz CT molecular complexity index is 884. The molecule has 6 heteroatoms. The summed E-state index contributed by atoms with van der Waals surface area (Å²) in [5.41, 5.74) is 0. The Kier molecular flexibility index (Phi) is 57.5. The lowest BCUT2D eigenvalue weighted by atomic mass is 10.1. The summed E-state index contributed by atoms with van der Waals surface area (Å²) in [6.45, 7) is 9.07. The van der Waals surface area contributed by atoms with Crippen molar-refractivity contribution in [2.24, 2.45) is 0 Å². The summed E-state index contributed by atoms with van der Waals surface area (Å²) < 4.78 is 0. The van der Waals surface area contributed by atoms with Gasteiger partial charge in [-0.2, -0.15) is 0 Å². The lowest BCUT2D eigenvalue weighted by molar-refractivity contribution is -0.393. The van der Waals surface area contributed by atoms with Crippen LogP contribution in [-0.4, -0.2) is 39.1 Å². The maximum absolute atomic E-state index is 5.71. The fraction of sp³-hybridized carbons (Fsp3) is 0.860. The normalized spacial score (nSPS) is 12.3. The van der Waals surface area contributed by atoms with E-state index in [1.807, 2.05) is 0 Å². The van der Waals surface area contributed by atoms with Crippen molar-refractivity contribution in [2.45, 2.75) is 284 Å². The lowest BCUT2D eigenvalue weighted by Crippen LogP contribution is -2.26. The summed E-state index contributed by atoms with van der Waals surface area (Å²) in [6.07, 6.45) is 69.3. The molecule has 0 radical (unpaired) electrons. The van der Waals surface area contributed by atoms with Gasteiger partial charge in [0.1, 0.15) is 19.3 Å². The minimum absolute atomic E-state index is 0.244. The highest BCUT2D eigenvalue weighted by Gasteiger charge is 2.13. The van der Waals surface area contributed by atoms with E-state index in [4.69, 9.17) is 29.3 Å². The van der Waals surface area contributed by atoms with Gasteiger partial charge in [0.2, 0.25) is 0 Å². The molecule has 0 aliphatic rings. The summed E-state index contributed by atoms with van der Waals surface area (Å²) in [5.74, 6) is 0. The molecule has 0 saturated heterocycles. The van der Waals surface area contributed by atoms with E-state index in [1.165, 1.54) is 225 Å². The Labute approximate surface area is 393 Å². The van der Waals surface area contributed by atoms with Gasteiger partial charge in [-0.15, -0.1) is 0 Å². The van der Waals surface area contributed by atoms with Crippen LogP contribution in [0.2, 0.25) is 0 Å². The standard InChI is InChI=1S/C57H108O6/c1-4-7-10-13-16-19-22-25-28-31-34-37-40-43-46-49-52-58-61-55-57(63-60-54-51-48-45-42-39-36-33-30-27-24-21-18-15-12-9-6-3)56-62-59-53-50-47-44-41-38-35-32-29-26-23-20-17-14-11-8-5-2/h18,21,25-30,57H,4-17,19-20,22-24,31-56H2,1-3H3/b21-18-,28-25-,29-26-,30-27-. The van der Waals surface area contributed by atoms with Crippen LogP contribution in [0.15, 0.2) is 48.6 Å². The highest BCUT2D eigenvalue weighted by Crippen LogP contribution is 2.13. The summed E-state index contributed by atoms with van der Waals surface area (Å²) in [4.78, 5) is 33.4. The van der Waals surface area contributed by atoms with Crippen molar-refractivity contribution in [1.29, 1.82) is 0 Å².